The van der Waals surface area contributed by atoms with Gasteiger partial charge in [0.25, 0.3) is 0 Å². The van der Waals surface area contributed by atoms with Gasteiger partial charge in [0, 0.05) is 12.2 Å². The second-order valence-electron chi connectivity index (χ2n) is 3.19. The van der Waals surface area contributed by atoms with Crippen molar-refractivity contribution in [2.45, 2.75) is 13.0 Å². The summed E-state index contributed by atoms with van der Waals surface area (Å²) in [6.07, 6.45) is 3.36. The minimum absolute atomic E-state index is 0.0601. The third kappa shape index (κ3) is 1.49. The van der Waals surface area contributed by atoms with Crippen molar-refractivity contribution in [3.63, 3.8) is 0 Å². The molecule has 0 aliphatic heterocycles. The zero-order valence-corrected chi connectivity index (χ0v) is 8.07. The number of ether oxygens (including phenoxy) is 1. The Kier molecular flexibility index (Phi) is 2.46. The Hall–Kier alpha value is -1.41. The number of rotatable bonds is 2. The Labute approximate surface area is 83.2 Å². The van der Waals surface area contributed by atoms with Gasteiger partial charge in [-0.1, -0.05) is 30.3 Å². The maximum Gasteiger partial charge on any atom is 0.196 e. The van der Waals surface area contributed by atoms with Crippen molar-refractivity contribution in [1.29, 1.82) is 0 Å². The number of ketones is 1. The minimum atomic E-state index is -0.394. The number of benzene rings is 1. The summed E-state index contributed by atoms with van der Waals surface area (Å²) in [6.45, 7) is 2.45. The molecule has 0 radical (unpaired) electrons. The molecular weight excluding hydrogens is 176 g/mol. The predicted octanol–water partition coefficient (Wildman–Crippen LogP) is 2.30. The van der Waals surface area contributed by atoms with Gasteiger partial charge in [-0.05, 0) is 18.6 Å². The van der Waals surface area contributed by atoms with E-state index < -0.39 is 6.10 Å². The van der Waals surface area contributed by atoms with Crippen LogP contribution in [-0.4, -0.2) is 18.5 Å². The molecule has 1 aromatic carbocycles. The molecule has 0 saturated heterocycles. The van der Waals surface area contributed by atoms with Crippen molar-refractivity contribution in [2.75, 3.05) is 6.61 Å². The zero-order valence-electron chi connectivity index (χ0n) is 8.07. The lowest BCUT2D eigenvalue weighted by molar-refractivity contribution is 0.0604. The van der Waals surface area contributed by atoms with Crippen LogP contribution in [0.15, 0.2) is 30.3 Å². The Morgan fingerprint density at radius 2 is 2.14 bits per heavy atom. The number of fused-ring (bicyclic) bond motifs is 1. The summed E-state index contributed by atoms with van der Waals surface area (Å²) in [6, 6.07) is 7.58. The van der Waals surface area contributed by atoms with Crippen molar-refractivity contribution in [1.82, 2.24) is 0 Å². The molecular formula is C12H12O2. The summed E-state index contributed by atoms with van der Waals surface area (Å²) < 4.78 is 5.32. The Morgan fingerprint density at radius 3 is 2.93 bits per heavy atom. The molecule has 0 bridgehead atoms. The first-order chi connectivity index (χ1) is 6.83. The molecule has 2 rings (SSSR count). The average Bonchev–Trinajstić information content (AvgIpc) is 2.23. The van der Waals surface area contributed by atoms with Crippen LogP contribution in [0.25, 0.3) is 6.08 Å². The number of Topliss-reactive ketones (excluding diaryl/α,β-unsaturated/α-hetero) is 1. The molecule has 0 amide bonds. The minimum Gasteiger partial charge on any atom is -0.366 e. The maximum absolute atomic E-state index is 11.8. The molecule has 0 spiro atoms. The van der Waals surface area contributed by atoms with E-state index in [0.717, 1.165) is 11.1 Å². The van der Waals surface area contributed by atoms with Gasteiger partial charge in [-0.15, -0.1) is 0 Å². The monoisotopic (exact) mass is 188 g/mol. The van der Waals surface area contributed by atoms with Crippen molar-refractivity contribution in [2.24, 2.45) is 0 Å². The molecule has 0 saturated carbocycles. The molecule has 0 N–H and O–H groups in total. The fourth-order valence-electron chi connectivity index (χ4n) is 1.61. The second-order valence-corrected chi connectivity index (χ2v) is 3.19. The molecule has 0 aromatic heterocycles. The summed E-state index contributed by atoms with van der Waals surface area (Å²) in [5, 5.41) is 0. The average molecular weight is 188 g/mol. The maximum atomic E-state index is 11.8. The van der Waals surface area contributed by atoms with Gasteiger partial charge in [0.1, 0.15) is 6.10 Å². The van der Waals surface area contributed by atoms with Crippen molar-refractivity contribution in [3.05, 3.63) is 41.5 Å². The van der Waals surface area contributed by atoms with E-state index in [9.17, 15) is 4.79 Å². The zero-order chi connectivity index (χ0) is 9.97. The normalized spacial score (nSPS) is 19.5. The van der Waals surface area contributed by atoms with E-state index in [2.05, 4.69) is 0 Å². The topological polar surface area (TPSA) is 26.3 Å². The smallest absolute Gasteiger partial charge is 0.196 e. The quantitative estimate of drug-likeness (QED) is 0.711. The van der Waals surface area contributed by atoms with Crippen molar-refractivity contribution in [3.8, 4) is 0 Å². The third-order valence-electron chi connectivity index (χ3n) is 2.28. The summed E-state index contributed by atoms with van der Waals surface area (Å²) in [7, 11) is 0. The first-order valence-electron chi connectivity index (χ1n) is 4.76. The van der Waals surface area contributed by atoms with Gasteiger partial charge in [0.2, 0.25) is 0 Å². The van der Waals surface area contributed by atoms with Crippen LogP contribution in [-0.2, 0) is 4.74 Å². The molecule has 1 unspecified atom stereocenters. The van der Waals surface area contributed by atoms with Crippen LogP contribution in [0.5, 0.6) is 0 Å². The largest absolute Gasteiger partial charge is 0.366 e. The van der Waals surface area contributed by atoms with Crippen LogP contribution in [0.1, 0.15) is 22.8 Å². The van der Waals surface area contributed by atoms with Crippen LogP contribution in [0.3, 0.4) is 0 Å². The standard InChI is InChI=1S/C12H12O2/c1-2-14-11-8-7-9-5-3-4-6-10(9)12(11)13/h3-8,11H,2H2,1H3. The van der Waals surface area contributed by atoms with Gasteiger partial charge in [-0.3, -0.25) is 4.79 Å². The Bertz CT molecular complexity index is 380. The SMILES string of the molecule is CCOC1C=Cc2ccccc2C1=O. The highest BCUT2D eigenvalue weighted by molar-refractivity contribution is 6.06. The van der Waals surface area contributed by atoms with Crippen LogP contribution < -0.4 is 0 Å². The fraction of sp³-hybridized carbons (Fsp3) is 0.250. The molecule has 14 heavy (non-hydrogen) atoms. The van der Waals surface area contributed by atoms with E-state index in [1.165, 1.54) is 0 Å². The van der Waals surface area contributed by atoms with Crippen LogP contribution in [0.4, 0.5) is 0 Å². The lowest BCUT2D eigenvalue weighted by atomic mass is 9.94. The Balaban J connectivity index is 2.35. The van der Waals surface area contributed by atoms with Crippen LogP contribution >= 0.6 is 0 Å². The summed E-state index contributed by atoms with van der Waals surface area (Å²) >= 11 is 0. The highest BCUT2D eigenvalue weighted by Gasteiger charge is 2.22. The van der Waals surface area contributed by atoms with Gasteiger partial charge in [-0.2, -0.15) is 0 Å². The highest BCUT2D eigenvalue weighted by atomic mass is 16.5. The third-order valence-corrected chi connectivity index (χ3v) is 2.28. The molecule has 1 atom stereocenters. The highest BCUT2D eigenvalue weighted by Crippen LogP contribution is 2.20. The van der Waals surface area contributed by atoms with Gasteiger partial charge >= 0.3 is 0 Å². The summed E-state index contributed by atoms with van der Waals surface area (Å²) in [5.41, 5.74) is 1.74. The number of hydrogen-bond donors (Lipinski definition) is 0. The molecule has 72 valence electrons. The van der Waals surface area contributed by atoms with Crippen LogP contribution in [0.2, 0.25) is 0 Å². The number of carbonyl (C=O) groups is 1. The van der Waals surface area contributed by atoms with E-state index in [4.69, 9.17) is 4.74 Å². The first kappa shape index (κ1) is 9.16. The Morgan fingerprint density at radius 1 is 1.36 bits per heavy atom. The fourth-order valence-corrected chi connectivity index (χ4v) is 1.61. The van der Waals surface area contributed by atoms with Crippen molar-refractivity contribution < 1.29 is 9.53 Å². The van der Waals surface area contributed by atoms with E-state index >= 15 is 0 Å². The molecule has 2 nitrogen and oxygen atoms in total. The summed E-state index contributed by atoms with van der Waals surface area (Å²) in [5.74, 6) is 0.0601. The molecule has 2 heteroatoms. The van der Waals surface area contributed by atoms with Gasteiger partial charge < -0.3 is 4.74 Å². The number of carbonyl (C=O) groups excluding carboxylic acids is 1. The second kappa shape index (κ2) is 3.76. The van der Waals surface area contributed by atoms with E-state index in [0.29, 0.717) is 6.61 Å². The molecule has 1 aliphatic rings. The molecule has 0 fully saturated rings. The molecule has 1 aliphatic carbocycles. The predicted molar refractivity (Wildman–Crippen MR) is 55.2 cm³/mol. The van der Waals surface area contributed by atoms with Crippen molar-refractivity contribution >= 4 is 11.9 Å². The van der Waals surface area contributed by atoms with Gasteiger partial charge in [-0.25, -0.2) is 0 Å². The molecule has 0 heterocycles. The van der Waals surface area contributed by atoms with E-state index in [1.807, 2.05) is 43.3 Å². The van der Waals surface area contributed by atoms with Gasteiger partial charge in [0.15, 0.2) is 5.78 Å². The first-order valence-corrected chi connectivity index (χ1v) is 4.76. The van der Waals surface area contributed by atoms with Crippen LogP contribution in [0, 0.1) is 0 Å². The molecule has 1 aromatic rings. The lowest BCUT2D eigenvalue weighted by Gasteiger charge is -2.17. The van der Waals surface area contributed by atoms with Gasteiger partial charge in [0.05, 0.1) is 0 Å². The van der Waals surface area contributed by atoms with E-state index in [1.54, 1.807) is 0 Å². The summed E-state index contributed by atoms with van der Waals surface area (Å²) in [4.78, 5) is 11.8. The van der Waals surface area contributed by atoms with E-state index in [-0.39, 0.29) is 5.78 Å². The number of hydrogen-bond acceptors (Lipinski definition) is 2. The lowest BCUT2D eigenvalue weighted by Crippen LogP contribution is -2.25.